The van der Waals surface area contributed by atoms with E-state index < -0.39 is 0 Å². The van der Waals surface area contributed by atoms with E-state index in [1.54, 1.807) is 18.2 Å². The van der Waals surface area contributed by atoms with Crippen molar-refractivity contribution < 1.29 is 9.90 Å². The van der Waals surface area contributed by atoms with E-state index in [1.807, 2.05) is 6.92 Å². The second-order valence-electron chi connectivity index (χ2n) is 6.37. The summed E-state index contributed by atoms with van der Waals surface area (Å²) in [4.78, 5) is 12.2. The minimum atomic E-state index is 0.0408. The van der Waals surface area contributed by atoms with Crippen molar-refractivity contribution >= 4 is 11.6 Å². The van der Waals surface area contributed by atoms with Crippen molar-refractivity contribution in [1.29, 1.82) is 0 Å². The maximum atomic E-state index is 12.2. The van der Waals surface area contributed by atoms with Crippen molar-refractivity contribution in [2.75, 3.05) is 5.32 Å². The number of aryl methyl sites for hydroxylation is 1. The number of hydrogen-bond donors (Lipinski definition) is 2. The van der Waals surface area contributed by atoms with Crippen LogP contribution in [-0.2, 0) is 4.79 Å². The average Bonchev–Trinajstić information content (AvgIpc) is 2.63. The highest BCUT2D eigenvalue weighted by molar-refractivity contribution is 5.96. The molecular weight excluding hydrogens is 226 g/mol. The lowest BCUT2D eigenvalue weighted by Gasteiger charge is -2.08. The third-order valence-corrected chi connectivity index (χ3v) is 4.75. The third-order valence-electron chi connectivity index (χ3n) is 4.75. The highest BCUT2D eigenvalue weighted by Gasteiger charge is 2.68. The number of hydrogen-bond acceptors (Lipinski definition) is 2. The van der Waals surface area contributed by atoms with Crippen molar-refractivity contribution in [3.63, 3.8) is 0 Å². The van der Waals surface area contributed by atoms with E-state index in [0.717, 1.165) is 11.3 Å². The first kappa shape index (κ1) is 12.9. The van der Waals surface area contributed by atoms with Gasteiger partial charge in [0, 0.05) is 11.6 Å². The van der Waals surface area contributed by atoms with E-state index in [2.05, 4.69) is 33.0 Å². The molecule has 0 aromatic heterocycles. The molecular formula is C15H21NO2. The Morgan fingerprint density at radius 2 is 1.78 bits per heavy atom. The topological polar surface area (TPSA) is 49.3 Å². The lowest BCUT2D eigenvalue weighted by atomic mass is 10.0. The molecule has 1 aromatic rings. The molecule has 1 saturated carbocycles. The zero-order valence-electron chi connectivity index (χ0n) is 11.7. The molecule has 3 heteroatoms. The molecule has 98 valence electrons. The second kappa shape index (κ2) is 3.74. The third kappa shape index (κ3) is 1.78. The lowest BCUT2D eigenvalue weighted by molar-refractivity contribution is -0.118. The van der Waals surface area contributed by atoms with Gasteiger partial charge in [-0.3, -0.25) is 4.79 Å². The maximum absolute atomic E-state index is 12.2. The summed E-state index contributed by atoms with van der Waals surface area (Å²) in [5.41, 5.74) is 1.60. The first-order valence-electron chi connectivity index (χ1n) is 6.28. The first-order chi connectivity index (χ1) is 8.18. The SMILES string of the molecule is Cc1cc(NC(=O)C2C(C)(C)C2(C)C)ccc1O. The van der Waals surface area contributed by atoms with Crippen LogP contribution < -0.4 is 5.32 Å². The normalized spacial score (nSPS) is 20.5. The molecule has 0 heterocycles. The molecule has 1 fully saturated rings. The molecule has 2 rings (SSSR count). The standard InChI is InChI=1S/C15H21NO2/c1-9-8-10(6-7-11(9)17)16-13(18)12-14(2,3)15(12,4)5/h6-8,12,17H,1-5H3,(H,16,18). The molecule has 1 aromatic carbocycles. The van der Waals surface area contributed by atoms with E-state index in [1.165, 1.54) is 0 Å². The van der Waals surface area contributed by atoms with E-state index >= 15 is 0 Å². The van der Waals surface area contributed by atoms with Crippen LogP contribution in [0.1, 0.15) is 33.3 Å². The van der Waals surface area contributed by atoms with Gasteiger partial charge in [-0.1, -0.05) is 27.7 Å². The average molecular weight is 247 g/mol. The predicted molar refractivity (Wildman–Crippen MR) is 72.5 cm³/mol. The van der Waals surface area contributed by atoms with Crippen LogP contribution in [0.2, 0.25) is 0 Å². The van der Waals surface area contributed by atoms with Crippen molar-refractivity contribution in [2.24, 2.45) is 16.7 Å². The Bertz CT molecular complexity index is 489. The minimum Gasteiger partial charge on any atom is -0.508 e. The van der Waals surface area contributed by atoms with Crippen molar-refractivity contribution in [1.82, 2.24) is 0 Å². The van der Waals surface area contributed by atoms with Crippen LogP contribution in [0.3, 0.4) is 0 Å². The minimum absolute atomic E-state index is 0.0408. The molecule has 0 aliphatic heterocycles. The number of rotatable bonds is 2. The molecule has 3 nitrogen and oxygen atoms in total. The number of carbonyl (C=O) groups is 1. The van der Waals surface area contributed by atoms with E-state index in [4.69, 9.17) is 0 Å². The van der Waals surface area contributed by atoms with Gasteiger partial charge in [-0.05, 0) is 41.5 Å². The molecule has 2 N–H and O–H groups in total. The number of phenolic OH excluding ortho intramolecular Hbond substituents is 1. The summed E-state index contributed by atoms with van der Waals surface area (Å²) in [5.74, 6) is 0.356. The van der Waals surface area contributed by atoms with Crippen molar-refractivity contribution in [3.05, 3.63) is 23.8 Å². The van der Waals surface area contributed by atoms with Gasteiger partial charge in [-0.25, -0.2) is 0 Å². The largest absolute Gasteiger partial charge is 0.508 e. The molecule has 1 aliphatic carbocycles. The van der Waals surface area contributed by atoms with Gasteiger partial charge in [-0.15, -0.1) is 0 Å². The smallest absolute Gasteiger partial charge is 0.228 e. The highest BCUT2D eigenvalue weighted by atomic mass is 16.3. The zero-order chi connectivity index (χ0) is 13.7. The van der Waals surface area contributed by atoms with Gasteiger partial charge in [0.05, 0.1) is 0 Å². The van der Waals surface area contributed by atoms with Gasteiger partial charge in [0.15, 0.2) is 0 Å². The molecule has 0 spiro atoms. The molecule has 0 unspecified atom stereocenters. The van der Waals surface area contributed by atoms with Crippen molar-refractivity contribution in [3.8, 4) is 5.75 Å². The Hall–Kier alpha value is -1.51. The Labute approximate surface area is 108 Å². The monoisotopic (exact) mass is 247 g/mol. The van der Waals surface area contributed by atoms with E-state index in [-0.39, 0.29) is 28.4 Å². The maximum Gasteiger partial charge on any atom is 0.228 e. The van der Waals surface area contributed by atoms with Crippen LogP contribution in [0.15, 0.2) is 18.2 Å². The Kier molecular flexibility index (Phi) is 2.69. The Balaban J connectivity index is 2.12. The summed E-state index contributed by atoms with van der Waals surface area (Å²) in [6.45, 7) is 10.3. The van der Waals surface area contributed by atoms with Crippen LogP contribution in [0, 0.1) is 23.7 Å². The lowest BCUT2D eigenvalue weighted by Crippen LogP contribution is -2.17. The summed E-state index contributed by atoms with van der Waals surface area (Å²) in [5, 5.41) is 12.4. The summed E-state index contributed by atoms with van der Waals surface area (Å²) >= 11 is 0. The summed E-state index contributed by atoms with van der Waals surface area (Å²) in [6.07, 6.45) is 0. The van der Waals surface area contributed by atoms with E-state index in [9.17, 15) is 9.90 Å². The van der Waals surface area contributed by atoms with Crippen LogP contribution in [0.4, 0.5) is 5.69 Å². The molecule has 1 aliphatic rings. The first-order valence-corrected chi connectivity index (χ1v) is 6.28. The molecule has 0 saturated heterocycles. The van der Waals surface area contributed by atoms with Gasteiger partial charge in [0.1, 0.15) is 5.75 Å². The highest BCUT2D eigenvalue weighted by Crippen LogP contribution is 2.68. The zero-order valence-corrected chi connectivity index (χ0v) is 11.7. The molecule has 18 heavy (non-hydrogen) atoms. The second-order valence-corrected chi connectivity index (χ2v) is 6.37. The summed E-state index contributed by atoms with van der Waals surface area (Å²) in [6, 6.07) is 5.12. The van der Waals surface area contributed by atoms with E-state index in [0.29, 0.717) is 0 Å². The number of phenols is 1. The molecule has 0 bridgehead atoms. The Morgan fingerprint density at radius 3 is 2.22 bits per heavy atom. The number of amides is 1. The fourth-order valence-electron chi connectivity index (χ4n) is 2.80. The molecule has 1 amide bonds. The molecule has 0 atom stereocenters. The summed E-state index contributed by atoms with van der Waals surface area (Å²) < 4.78 is 0. The van der Waals surface area contributed by atoms with Gasteiger partial charge in [0.25, 0.3) is 0 Å². The van der Waals surface area contributed by atoms with Gasteiger partial charge >= 0.3 is 0 Å². The number of nitrogens with one attached hydrogen (secondary N) is 1. The quantitative estimate of drug-likeness (QED) is 0.788. The van der Waals surface area contributed by atoms with Crippen LogP contribution in [-0.4, -0.2) is 11.0 Å². The number of carbonyl (C=O) groups excluding carboxylic acids is 1. The van der Waals surface area contributed by atoms with Gasteiger partial charge in [0.2, 0.25) is 5.91 Å². The van der Waals surface area contributed by atoms with Gasteiger partial charge in [-0.2, -0.15) is 0 Å². The number of aromatic hydroxyl groups is 1. The fourth-order valence-corrected chi connectivity index (χ4v) is 2.80. The van der Waals surface area contributed by atoms with Crippen LogP contribution in [0.5, 0.6) is 5.75 Å². The molecule has 0 radical (unpaired) electrons. The van der Waals surface area contributed by atoms with Crippen LogP contribution in [0.25, 0.3) is 0 Å². The van der Waals surface area contributed by atoms with Gasteiger partial charge < -0.3 is 10.4 Å². The summed E-state index contributed by atoms with van der Waals surface area (Å²) in [7, 11) is 0. The Morgan fingerprint density at radius 1 is 1.22 bits per heavy atom. The predicted octanol–water partition coefficient (Wildman–Crippen LogP) is 3.32. The van der Waals surface area contributed by atoms with Crippen LogP contribution >= 0.6 is 0 Å². The number of anilines is 1. The fraction of sp³-hybridized carbons (Fsp3) is 0.533. The van der Waals surface area contributed by atoms with Crippen molar-refractivity contribution in [2.45, 2.75) is 34.6 Å². The number of benzene rings is 1.